The molecule has 0 aliphatic heterocycles. The fourth-order valence-electron chi connectivity index (χ4n) is 2.11. The van der Waals surface area contributed by atoms with Crippen molar-refractivity contribution in [2.45, 2.75) is 40.2 Å². The maximum absolute atomic E-state index is 3.50. The van der Waals surface area contributed by atoms with Gasteiger partial charge in [0.2, 0.25) is 0 Å². The van der Waals surface area contributed by atoms with E-state index >= 15 is 0 Å². The van der Waals surface area contributed by atoms with Crippen LogP contribution < -0.4 is 5.32 Å². The summed E-state index contributed by atoms with van der Waals surface area (Å²) in [4.78, 5) is 2.41. The quantitative estimate of drug-likeness (QED) is 0.686. The van der Waals surface area contributed by atoms with Crippen molar-refractivity contribution < 1.29 is 0 Å². The summed E-state index contributed by atoms with van der Waals surface area (Å²) in [5, 5.41) is 3.50. The van der Waals surface area contributed by atoms with E-state index in [4.69, 9.17) is 0 Å². The molecule has 0 aliphatic rings. The Balaban J connectivity index is 2.08. The molecule has 0 radical (unpaired) electrons. The lowest BCUT2D eigenvalue weighted by molar-refractivity contribution is 0.317. The van der Waals surface area contributed by atoms with Crippen LogP contribution in [0.4, 0.5) is 0 Å². The molecule has 0 aliphatic carbocycles. The van der Waals surface area contributed by atoms with Crippen LogP contribution in [0.1, 0.15) is 37.8 Å². The van der Waals surface area contributed by atoms with Crippen LogP contribution in [0.3, 0.4) is 0 Å². The number of nitrogens with one attached hydrogen (secondary N) is 1. The molecule has 0 saturated carbocycles. The summed E-state index contributed by atoms with van der Waals surface area (Å²) in [7, 11) is 2.21. The van der Waals surface area contributed by atoms with Crippen molar-refractivity contribution in [2.75, 3.05) is 26.7 Å². The average Bonchev–Trinajstić information content (AvgIpc) is 2.36. The van der Waals surface area contributed by atoms with Gasteiger partial charge in [-0.1, -0.05) is 43.7 Å². The van der Waals surface area contributed by atoms with Gasteiger partial charge in [0.1, 0.15) is 0 Å². The Bertz CT molecular complexity index is 330. The van der Waals surface area contributed by atoms with Crippen molar-refractivity contribution in [3.05, 3.63) is 35.4 Å². The van der Waals surface area contributed by atoms with Crippen LogP contribution >= 0.6 is 0 Å². The minimum absolute atomic E-state index is 0.754. The van der Waals surface area contributed by atoms with Crippen LogP contribution in [0.5, 0.6) is 0 Å². The first-order valence-corrected chi connectivity index (χ1v) is 7.52. The molecule has 1 rings (SSSR count). The molecule has 0 unspecified atom stereocenters. The summed E-state index contributed by atoms with van der Waals surface area (Å²) in [5.74, 6) is 0.754. The van der Waals surface area contributed by atoms with E-state index in [0.29, 0.717) is 0 Å². The summed E-state index contributed by atoms with van der Waals surface area (Å²) in [6.45, 7) is 11.2. The standard InChI is InChI=1S/C17H30N2/c1-15(2)13-18-11-5-6-12-19(4)14-17-9-7-16(3)8-10-17/h7-10,15,18H,5-6,11-14H2,1-4H3. The van der Waals surface area contributed by atoms with Gasteiger partial charge in [0.05, 0.1) is 0 Å². The second kappa shape index (κ2) is 9.11. The molecule has 1 aromatic rings. The van der Waals surface area contributed by atoms with Gasteiger partial charge in [0, 0.05) is 6.54 Å². The second-order valence-corrected chi connectivity index (χ2v) is 6.03. The lowest BCUT2D eigenvalue weighted by Crippen LogP contribution is -2.23. The second-order valence-electron chi connectivity index (χ2n) is 6.03. The SMILES string of the molecule is Cc1ccc(CN(C)CCCCNCC(C)C)cc1. The zero-order valence-corrected chi connectivity index (χ0v) is 13.1. The van der Waals surface area contributed by atoms with Crippen molar-refractivity contribution >= 4 is 0 Å². The highest BCUT2D eigenvalue weighted by atomic mass is 15.1. The van der Waals surface area contributed by atoms with Gasteiger partial charge in [0.25, 0.3) is 0 Å². The molecule has 1 N–H and O–H groups in total. The van der Waals surface area contributed by atoms with E-state index in [-0.39, 0.29) is 0 Å². The molecule has 0 saturated heterocycles. The molecule has 0 fully saturated rings. The summed E-state index contributed by atoms with van der Waals surface area (Å²) >= 11 is 0. The molecular weight excluding hydrogens is 232 g/mol. The lowest BCUT2D eigenvalue weighted by atomic mass is 10.1. The van der Waals surface area contributed by atoms with E-state index in [9.17, 15) is 0 Å². The molecule has 0 atom stereocenters. The van der Waals surface area contributed by atoms with Crippen molar-refractivity contribution in [3.8, 4) is 0 Å². The number of nitrogens with zero attached hydrogens (tertiary/aromatic N) is 1. The van der Waals surface area contributed by atoms with Crippen LogP contribution in [-0.2, 0) is 6.54 Å². The average molecular weight is 262 g/mol. The Labute approximate surface area is 119 Å². The molecule has 0 bridgehead atoms. The predicted octanol–water partition coefficient (Wildman–Crippen LogP) is 3.45. The number of aryl methyl sites for hydroxylation is 1. The zero-order chi connectivity index (χ0) is 14.1. The van der Waals surface area contributed by atoms with Crippen LogP contribution in [0.15, 0.2) is 24.3 Å². The third-order valence-electron chi connectivity index (χ3n) is 3.27. The Morgan fingerprint density at radius 1 is 1.11 bits per heavy atom. The molecule has 0 aromatic heterocycles. The summed E-state index contributed by atoms with van der Waals surface area (Å²) in [6.07, 6.45) is 2.54. The Morgan fingerprint density at radius 3 is 2.42 bits per heavy atom. The lowest BCUT2D eigenvalue weighted by Gasteiger charge is -2.17. The zero-order valence-electron chi connectivity index (χ0n) is 13.1. The van der Waals surface area contributed by atoms with Gasteiger partial charge < -0.3 is 10.2 Å². The summed E-state index contributed by atoms with van der Waals surface area (Å²) < 4.78 is 0. The van der Waals surface area contributed by atoms with E-state index in [1.54, 1.807) is 0 Å². The highest BCUT2D eigenvalue weighted by molar-refractivity contribution is 5.21. The topological polar surface area (TPSA) is 15.3 Å². The van der Waals surface area contributed by atoms with Gasteiger partial charge in [0.15, 0.2) is 0 Å². The Hall–Kier alpha value is -0.860. The third kappa shape index (κ3) is 8.02. The predicted molar refractivity (Wildman–Crippen MR) is 84.5 cm³/mol. The first kappa shape index (κ1) is 16.2. The van der Waals surface area contributed by atoms with Crippen molar-refractivity contribution in [1.82, 2.24) is 10.2 Å². The molecule has 108 valence electrons. The smallest absolute Gasteiger partial charge is 0.0230 e. The number of hydrogen-bond acceptors (Lipinski definition) is 2. The van der Waals surface area contributed by atoms with Crippen LogP contribution in [0, 0.1) is 12.8 Å². The molecular formula is C17H30N2. The van der Waals surface area contributed by atoms with Crippen LogP contribution in [-0.4, -0.2) is 31.6 Å². The normalized spacial score (nSPS) is 11.5. The first-order chi connectivity index (χ1) is 9.08. The van der Waals surface area contributed by atoms with E-state index in [0.717, 1.165) is 25.6 Å². The largest absolute Gasteiger partial charge is 0.316 e. The van der Waals surface area contributed by atoms with Gasteiger partial charge in [-0.2, -0.15) is 0 Å². The van der Waals surface area contributed by atoms with Crippen molar-refractivity contribution in [1.29, 1.82) is 0 Å². The minimum atomic E-state index is 0.754. The van der Waals surface area contributed by atoms with Gasteiger partial charge in [-0.15, -0.1) is 0 Å². The number of rotatable bonds is 9. The molecule has 2 nitrogen and oxygen atoms in total. The fraction of sp³-hybridized carbons (Fsp3) is 0.647. The molecule has 1 aromatic carbocycles. The molecule has 0 amide bonds. The van der Waals surface area contributed by atoms with E-state index in [1.165, 1.54) is 30.5 Å². The maximum Gasteiger partial charge on any atom is 0.0230 e. The highest BCUT2D eigenvalue weighted by Gasteiger charge is 2.00. The first-order valence-electron chi connectivity index (χ1n) is 7.52. The third-order valence-corrected chi connectivity index (χ3v) is 3.27. The van der Waals surface area contributed by atoms with Crippen molar-refractivity contribution in [2.24, 2.45) is 5.92 Å². The van der Waals surface area contributed by atoms with Crippen molar-refractivity contribution in [3.63, 3.8) is 0 Å². The van der Waals surface area contributed by atoms with Gasteiger partial charge in [-0.25, -0.2) is 0 Å². The van der Waals surface area contributed by atoms with E-state index in [2.05, 4.69) is 62.3 Å². The van der Waals surface area contributed by atoms with Gasteiger partial charge >= 0.3 is 0 Å². The molecule has 2 heteroatoms. The van der Waals surface area contributed by atoms with E-state index in [1.807, 2.05) is 0 Å². The number of hydrogen-bond donors (Lipinski definition) is 1. The monoisotopic (exact) mass is 262 g/mol. The van der Waals surface area contributed by atoms with Gasteiger partial charge in [-0.05, 0) is 57.9 Å². The van der Waals surface area contributed by atoms with E-state index < -0.39 is 0 Å². The molecule has 0 spiro atoms. The number of benzene rings is 1. The number of unbranched alkanes of at least 4 members (excludes halogenated alkanes) is 1. The van der Waals surface area contributed by atoms with Crippen LogP contribution in [0.2, 0.25) is 0 Å². The Morgan fingerprint density at radius 2 is 1.79 bits per heavy atom. The fourth-order valence-corrected chi connectivity index (χ4v) is 2.11. The summed E-state index contributed by atoms with van der Waals surface area (Å²) in [5.41, 5.74) is 2.74. The minimum Gasteiger partial charge on any atom is -0.316 e. The molecule has 19 heavy (non-hydrogen) atoms. The highest BCUT2D eigenvalue weighted by Crippen LogP contribution is 2.06. The van der Waals surface area contributed by atoms with Crippen LogP contribution in [0.25, 0.3) is 0 Å². The summed E-state index contributed by atoms with van der Waals surface area (Å²) in [6, 6.07) is 8.85. The molecule has 0 heterocycles. The Kier molecular flexibility index (Phi) is 7.76. The van der Waals surface area contributed by atoms with Gasteiger partial charge in [-0.3, -0.25) is 0 Å². The maximum atomic E-state index is 3.50.